The number of carbonyl (C=O) groups excluding carboxylic acids is 1. The second kappa shape index (κ2) is 7.56. The van der Waals surface area contributed by atoms with Gasteiger partial charge in [-0.15, -0.1) is 0 Å². The number of nitrogens with one attached hydrogen (secondary N) is 1. The van der Waals surface area contributed by atoms with E-state index in [2.05, 4.69) is 15.3 Å². The Hall–Kier alpha value is -4.20. The molecule has 8 heteroatoms. The number of nitrogens with zero attached hydrogens (tertiary/aromatic N) is 5. The number of pyridine rings is 2. The van der Waals surface area contributed by atoms with Crippen LogP contribution < -0.4 is 5.32 Å². The van der Waals surface area contributed by atoms with Crippen LogP contribution in [0.15, 0.2) is 67.1 Å². The van der Waals surface area contributed by atoms with Gasteiger partial charge < -0.3 is 14.8 Å². The molecule has 0 radical (unpaired) electrons. The molecule has 0 aliphatic heterocycles. The highest BCUT2D eigenvalue weighted by molar-refractivity contribution is 6.12. The Labute approximate surface area is 177 Å². The van der Waals surface area contributed by atoms with E-state index in [0.29, 0.717) is 35.6 Å². The normalized spacial score (nSPS) is 11.3. The molecule has 0 unspecified atom stereocenters. The maximum absolute atomic E-state index is 13.1. The van der Waals surface area contributed by atoms with Crippen molar-refractivity contribution in [3.63, 3.8) is 0 Å². The van der Waals surface area contributed by atoms with E-state index in [9.17, 15) is 9.90 Å². The van der Waals surface area contributed by atoms with Crippen LogP contribution in [-0.2, 0) is 13.0 Å². The van der Waals surface area contributed by atoms with Crippen molar-refractivity contribution in [3.8, 4) is 5.88 Å². The van der Waals surface area contributed by atoms with Gasteiger partial charge in [-0.05, 0) is 36.8 Å². The van der Waals surface area contributed by atoms with Crippen molar-refractivity contribution < 1.29 is 9.90 Å². The Kier molecular flexibility index (Phi) is 4.59. The lowest BCUT2D eigenvalue weighted by Crippen LogP contribution is -2.13. The van der Waals surface area contributed by atoms with Gasteiger partial charge in [-0.25, -0.2) is 9.97 Å². The number of hydrogen-bond acceptors (Lipinski definition) is 5. The average molecular weight is 412 g/mol. The maximum atomic E-state index is 13.1. The predicted octanol–water partition coefficient (Wildman–Crippen LogP) is 3.65. The highest BCUT2D eigenvalue weighted by Crippen LogP contribution is 2.29. The van der Waals surface area contributed by atoms with Gasteiger partial charge in [0, 0.05) is 30.0 Å². The molecule has 5 rings (SSSR count). The molecule has 4 heterocycles. The van der Waals surface area contributed by atoms with E-state index in [4.69, 9.17) is 5.10 Å². The molecule has 0 aliphatic carbocycles. The van der Waals surface area contributed by atoms with Gasteiger partial charge in [-0.3, -0.25) is 9.48 Å². The van der Waals surface area contributed by atoms with Crippen molar-refractivity contribution in [1.82, 2.24) is 24.1 Å². The van der Waals surface area contributed by atoms with Gasteiger partial charge in [-0.1, -0.05) is 19.1 Å². The molecule has 1 aromatic carbocycles. The third kappa shape index (κ3) is 3.38. The lowest BCUT2D eigenvalue weighted by Gasteiger charge is -2.09. The van der Waals surface area contributed by atoms with Gasteiger partial charge >= 0.3 is 0 Å². The topological polar surface area (TPSA) is 97.3 Å². The van der Waals surface area contributed by atoms with Gasteiger partial charge in [0.15, 0.2) is 0 Å². The van der Waals surface area contributed by atoms with Gasteiger partial charge in [0.25, 0.3) is 5.91 Å². The molecule has 0 fully saturated rings. The second-order valence-electron chi connectivity index (χ2n) is 7.18. The summed E-state index contributed by atoms with van der Waals surface area (Å²) in [6.45, 7) is 2.44. The van der Waals surface area contributed by atoms with Crippen LogP contribution in [0.25, 0.3) is 16.6 Å². The van der Waals surface area contributed by atoms with Crippen LogP contribution in [0.5, 0.6) is 5.88 Å². The molecule has 1 amide bonds. The van der Waals surface area contributed by atoms with E-state index in [0.717, 1.165) is 16.6 Å². The number of hydrogen-bond donors (Lipinski definition) is 2. The van der Waals surface area contributed by atoms with Crippen LogP contribution in [0.1, 0.15) is 28.7 Å². The minimum absolute atomic E-state index is 0.0224. The van der Waals surface area contributed by atoms with Crippen molar-refractivity contribution in [2.24, 2.45) is 0 Å². The molecule has 0 saturated heterocycles. The summed E-state index contributed by atoms with van der Waals surface area (Å²) >= 11 is 0. The fraction of sp³-hybridized carbons (Fsp3) is 0.130. The smallest absolute Gasteiger partial charge is 0.259 e. The van der Waals surface area contributed by atoms with Crippen molar-refractivity contribution in [1.29, 1.82) is 0 Å². The van der Waals surface area contributed by atoms with Crippen LogP contribution in [0.3, 0.4) is 0 Å². The van der Waals surface area contributed by atoms with E-state index in [-0.39, 0.29) is 11.8 Å². The first kappa shape index (κ1) is 18.8. The van der Waals surface area contributed by atoms with Crippen LogP contribution >= 0.6 is 0 Å². The van der Waals surface area contributed by atoms with E-state index in [1.54, 1.807) is 18.3 Å². The molecule has 0 aliphatic rings. The summed E-state index contributed by atoms with van der Waals surface area (Å²) in [7, 11) is 0. The first-order valence-corrected chi connectivity index (χ1v) is 10.0. The van der Waals surface area contributed by atoms with Gasteiger partial charge in [0.1, 0.15) is 5.65 Å². The summed E-state index contributed by atoms with van der Waals surface area (Å²) < 4.78 is 3.66. The molecule has 2 N–H and O–H groups in total. The lowest BCUT2D eigenvalue weighted by atomic mass is 10.1. The van der Waals surface area contributed by atoms with Crippen LogP contribution in [-0.4, -0.2) is 35.2 Å². The summed E-state index contributed by atoms with van der Waals surface area (Å²) in [5.74, 6) is -0.250. The number of anilines is 1. The Morgan fingerprint density at radius 1 is 1.10 bits per heavy atom. The van der Waals surface area contributed by atoms with E-state index in [1.165, 1.54) is 6.07 Å². The van der Waals surface area contributed by atoms with Gasteiger partial charge in [0.05, 0.1) is 34.7 Å². The molecule has 8 nitrogen and oxygen atoms in total. The summed E-state index contributed by atoms with van der Waals surface area (Å²) in [5.41, 5.74) is 4.27. The Balaban J connectivity index is 1.54. The van der Waals surface area contributed by atoms with Crippen molar-refractivity contribution in [2.75, 3.05) is 5.32 Å². The summed E-state index contributed by atoms with van der Waals surface area (Å²) in [6.07, 6.45) is 6.04. The second-order valence-corrected chi connectivity index (χ2v) is 7.18. The number of amides is 1. The minimum atomic E-state index is -0.228. The molecule has 0 saturated carbocycles. The largest absolute Gasteiger partial charge is 0.493 e. The monoisotopic (exact) mass is 412 g/mol. The average Bonchev–Trinajstić information content (AvgIpc) is 3.39. The molecule has 4 aromatic heterocycles. The van der Waals surface area contributed by atoms with Crippen molar-refractivity contribution in [3.05, 3.63) is 84.1 Å². The van der Waals surface area contributed by atoms with E-state index < -0.39 is 0 Å². The highest BCUT2D eigenvalue weighted by atomic mass is 16.3. The molecule has 5 aromatic rings. The van der Waals surface area contributed by atoms with Crippen molar-refractivity contribution in [2.45, 2.75) is 19.9 Å². The van der Waals surface area contributed by atoms with Crippen LogP contribution in [0.4, 0.5) is 5.69 Å². The van der Waals surface area contributed by atoms with Crippen molar-refractivity contribution >= 4 is 28.1 Å². The zero-order chi connectivity index (χ0) is 21.4. The third-order valence-corrected chi connectivity index (χ3v) is 5.20. The molecule has 31 heavy (non-hydrogen) atoms. The molecule has 0 spiro atoms. The van der Waals surface area contributed by atoms with Crippen LogP contribution in [0, 0.1) is 0 Å². The van der Waals surface area contributed by atoms with E-state index in [1.807, 2.05) is 58.7 Å². The number of fused-ring (bicyclic) bond motifs is 2. The van der Waals surface area contributed by atoms with Gasteiger partial charge in [0.2, 0.25) is 5.88 Å². The number of aromatic nitrogens is 5. The van der Waals surface area contributed by atoms with Crippen LogP contribution in [0.2, 0.25) is 0 Å². The fourth-order valence-corrected chi connectivity index (χ4v) is 3.80. The number of aromatic hydroxyl groups is 1. The SMILES string of the molecule is CCc1nn(Cc2cccc(O)n2)c2cccc(NC(=O)c3cccn4ccnc34)c12. The Morgan fingerprint density at radius 3 is 2.81 bits per heavy atom. The number of carbonyl (C=O) groups is 1. The molecule has 154 valence electrons. The predicted molar refractivity (Wildman–Crippen MR) is 117 cm³/mol. The van der Waals surface area contributed by atoms with Gasteiger partial charge in [-0.2, -0.15) is 5.10 Å². The standard InChI is InChI=1S/C23H20N6O2/c1-2-17-21-18(26-23(31)16-7-5-12-28-13-11-24-22(16)28)8-4-9-19(21)29(27-17)14-15-6-3-10-20(30)25-15/h3-13H,2,14H2,1H3,(H,25,30)(H,26,31). The fourth-order valence-electron chi connectivity index (χ4n) is 3.80. The number of aryl methyl sites for hydroxylation is 1. The number of imidazole rings is 1. The van der Waals surface area contributed by atoms with E-state index >= 15 is 0 Å². The minimum Gasteiger partial charge on any atom is -0.493 e. The maximum Gasteiger partial charge on any atom is 0.259 e. The zero-order valence-corrected chi connectivity index (χ0v) is 16.9. The summed E-state index contributed by atoms with van der Waals surface area (Å²) in [5, 5.41) is 18.4. The third-order valence-electron chi connectivity index (χ3n) is 5.20. The summed E-state index contributed by atoms with van der Waals surface area (Å²) in [6, 6.07) is 14.5. The zero-order valence-electron chi connectivity index (χ0n) is 16.9. The number of rotatable bonds is 5. The Bertz CT molecular complexity index is 1420. The molecular formula is C23H20N6O2. The summed E-state index contributed by atoms with van der Waals surface area (Å²) in [4.78, 5) is 21.5. The number of benzene rings is 1. The quantitative estimate of drug-likeness (QED) is 0.459. The first-order valence-electron chi connectivity index (χ1n) is 10.0. The first-order chi connectivity index (χ1) is 15.1. The highest BCUT2D eigenvalue weighted by Gasteiger charge is 2.17. The molecule has 0 atom stereocenters. The Morgan fingerprint density at radius 2 is 1.97 bits per heavy atom. The lowest BCUT2D eigenvalue weighted by molar-refractivity contribution is 0.102. The molecular weight excluding hydrogens is 392 g/mol. The molecule has 0 bridgehead atoms.